The van der Waals surface area contributed by atoms with Crippen LogP contribution in [0.1, 0.15) is 25.7 Å². The molecule has 0 aromatic rings. The number of aliphatic hydroxyl groups is 2. The summed E-state index contributed by atoms with van der Waals surface area (Å²) in [7, 11) is 1.59. The van der Waals surface area contributed by atoms with Gasteiger partial charge in [-0.15, -0.1) is 0 Å². The smallest absolute Gasteiger partial charge is 0.0900 e. The average molecular weight is 217 g/mol. The SMILES string of the molecule is COCC(O)CN(CCO)C1CCCC1. The Kier molecular flexibility index (Phi) is 6.17. The monoisotopic (exact) mass is 217 g/mol. The van der Waals surface area contributed by atoms with Crippen molar-refractivity contribution in [3.05, 3.63) is 0 Å². The lowest BCUT2D eigenvalue weighted by molar-refractivity contribution is 0.0222. The minimum atomic E-state index is -0.442. The van der Waals surface area contributed by atoms with Crippen LogP contribution in [0, 0.1) is 0 Å². The molecule has 1 fully saturated rings. The molecule has 1 rings (SSSR count). The molecule has 4 nitrogen and oxygen atoms in total. The predicted molar refractivity (Wildman–Crippen MR) is 58.8 cm³/mol. The van der Waals surface area contributed by atoms with Gasteiger partial charge in [0, 0.05) is 26.2 Å². The average Bonchev–Trinajstić information content (AvgIpc) is 2.70. The maximum atomic E-state index is 9.66. The molecule has 0 spiro atoms. The molecule has 0 heterocycles. The van der Waals surface area contributed by atoms with Crippen molar-refractivity contribution in [2.45, 2.75) is 37.8 Å². The maximum absolute atomic E-state index is 9.66. The number of aliphatic hydroxyl groups excluding tert-OH is 2. The van der Waals surface area contributed by atoms with Gasteiger partial charge in [-0.2, -0.15) is 0 Å². The summed E-state index contributed by atoms with van der Waals surface area (Å²) >= 11 is 0. The number of nitrogens with zero attached hydrogens (tertiary/aromatic N) is 1. The van der Waals surface area contributed by atoms with Gasteiger partial charge in [0.05, 0.1) is 19.3 Å². The molecule has 0 radical (unpaired) electrons. The molecule has 1 unspecified atom stereocenters. The van der Waals surface area contributed by atoms with Crippen molar-refractivity contribution in [3.8, 4) is 0 Å². The number of methoxy groups -OCH3 is 1. The van der Waals surface area contributed by atoms with E-state index < -0.39 is 6.10 Å². The van der Waals surface area contributed by atoms with E-state index in [1.165, 1.54) is 25.7 Å². The Hall–Kier alpha value is -0.160. The van der Waals surface area contributed by atoms with E-state index in [-0.39, 0.29) is 6.61 Å². The van der Waals surface area contributed by atoms with E-state index in [9.17, 15) is 5.11 Å². The third-order valence-corrected chi connectivity index (χ3v) is 3.03. The summed E-state index contributed by atoms with van der Waals surface area (Å²) in [4.78, 5) is 2.19. The minimum absolute atomic E-state index is 0.163. The Bertz CT molecular complexity index is 160. The van der Waals surface area contributed by atoms with Crippen molar-refractivity contribution in [2.24, 2.45) is 0 Å². The molecular weight excluding hydrogens is 194 g/mol. The van der Waals surface area contributed by atoms with E-state index in [2.05, 4.69) is 4.90 Å². The van der Waals surface area contributed by atoms with Gasteiger partial charge in [0.2, 0.25) is 0 Å². The van der Waals surface area contributed by atoms with Crippen molar-refractivity contribution in [2.75, 3.05) is 33.4 Å². The van der Waals surface area contributed by atoms with Crippen LogP contribution in [0.25, 0.3) is 0 Å². The Morgan fingerprint density at radius 3 is 2.60 bits per heavy atom. The molecule has 0 aliphatic heterocycles. The summed E-state index contributed by atoms with van der Waals surface area (Å²) < 4.78 is 4.91. The van der Waals surface area contributed by atoms with Gasteiger partial charge >= 0.3 is 0 Å². The van der Waals surface area contributed by atoms with Gasteiger partial charge in [-0.3, -0.25) is 4.90 Å². The molecule has 1 aliphatic rings. The van der Waals surface area contributed by atoms with Gasteiger partial charge in [0.15, 0.2) is 0 Å². The first-order chi connectivity index (χ1) is 7.27. The maximum Gasteiger partial charge on any atom is 0.0900 e. The lowest BCUT2D eigenvalue weighted by atomic mass is 10.2. The summed E-state index contributed by atoms with van der Waals surface area (Å²) in [5.41, 5.74) is 0. The first kappa shape index (κ1) is 12.9. The Morgan fingerprint density at radius 1 is 1.40 bits per heavy atom. The van der Waals surface area contributed by atoms with Crippen molar-refractivity contribution >= 4 is 0 Å². The first-order valence-electron chi connectivity index (χ1n) is 5.79. The molecule has 0 aromatic heterocycles. The third kappa shape index (κ3) is 4.47. The topological polar surface area (TPSA) is 52.9 Å². The highest BCUT2D eigenvalue weighted by molar-refractivity contribution is 4.79. The summed E-state index contributed by atoms with van der Waals surface area (Å²) in [6.45, 7) is 1.80. The summed E-state index contributed by atoms with van der Waals surface area (Å²) in [5, 5.41) is 18.6. The van der Waals surface area contributed by atoms with Gasteiger partial charge in [0.1, 0.15) is 0 Å². The number of rotatable bonds is 7. The first-order valence-corrected chi connectivity index (χ1v) is 5.79. The van der Waals surface area contributed by atoms with Crippen LogP contribution in [-0.2, 0) is 4.74 Å². The molecule has 1 saturated carbocycles. The van der Waals surface area contributed by atoms with Crippen LogP contribution >= 0.6 is 0 Å². The van der Waals surface area contributed by atoms with Crippen LogP contribution in [0.3, 0.4) is 0 Å². The minimum Gasteiger partial charge on any atom is -0.395 e. The van der Waals surface area contributed by atoms with Crippen molar-refractivity contribution in [1.29, 1.82) is 0 Å². The lowest BCUT2D eigenvalue weighted by Gasteiger charge is -2.29. The van der Waals surface area contributed by atoms with E-state index in [0.717, 1.165) is 0 Å². The van der Waals surface area contributed by atoms with Crippen LogP contribution < -0.4 is 0 Å². The van der Waals surface area contributed by atoms with Crippen LogP contribution in [-0.4, -0.2) is 60.7 Å². The van der Waals surface area contributed by atoms with E-state index in [0.29, 0.717) is 25.7 Å². The zero-order chi connectivity index (χ0) is 11.1. The molecule has 0 saturated heterocycles. The van der Waals surface area contributed by atoms with Gasteiger partial charge < -0.3 is 14.9 Å². The van der Waals surface area contributed by atoms with Crippen molar-refractivity contribution in [1.82, 2.24) is 4.90 Å². The highest BCUT2D eigenvalue weighted by Gasteiger charge is 2.23. The quantitative estimate of drug-likeness (QED) is 0.641. The molecule has 4 heteroatoms. The van der Waals surface area contributed by atoms with Crippen molar-refractivity contribution in [3.63, 3.8) is 0 Å². The van der Waals surface area contributed by atoms with Gasteiger partial charge in [-0.1, -0.05) is 12.8 Å². The number of hydrogen-bond acceptors (Lipinski definition) is 4. The Labute approximate surface area is 91.8 Å². The summed E-state index contributed by atoms with van der Waals surface area (Å²) in [6.07, 6.45) is 4.49. The normalized spacial score (nSPS) is 20.0. The van der Waals surface area contributed by atoms with Gasteiger partial charge in [-0.05, 0) is 12.8 Å². The fourth-order valence-corrected chi connectivity index (χ4v) is 2.34. The Balaban J connectivity index is 2.34. The highest BCUT2D eigenvalue weighted by atomic mass is 16.5. The van der Waals surface area contributed by atoms with E-state index >= 15 is 0 Å². The number of hydrogen-bond donors (Lipinski definition) is 2. The van der Waals surface area contributed by atoms with Crippen LogP contribution in [0.5, 0.6) is 0 Å². The standard InChI is InChI=1S/C11H23NO3/c1-15-9-11(14)8-12(6-7-13)10-4-2-3-5-10/h10-11,13-14H,2-9H2,1H3. The lowest BCUT2D eigenvalue weighted by Crippen LogP contribution is -2.42. The predicted octanol–water partition coefficient (Wildman–Crippen LogP) is 0.231. The largest absolute Gasteiger partial charge is 0.395 e. The Morgan fingerprint density at radius 2 is 2.07 bits per heavy atom. The second-order valence-corrected chi connectivity index (χ2v) is 4.27. The fourth-order valence-electron chi connectivity index (χ4n) is 2.34. The summed E-state index contributed by atoms with van der Waals surface area (Å²) in [5.74, 6) is 0. The molecule has 90 valence electrons. The molecule has 1 aliphatic carbocycles. The molecule has 2 N–H and O–H groups in total. The number of ether oxygens (including phenoxy) is 1. The second kappa shape index (κ2) is 7.17. The zero-order valence-corrected chi connectivity index (χ0v) is 9.56. The highest BCUT2D eigenvalue weighted by Crippen LogP contribution is 2.23. The molecule has 0 aromatic carbocycles. The fraction of sp³-hybridized carbons (Fsp3) is 1.00. The zero-order valence-electron chi connectivity index (χ0n) is 9.56. The van der Waals surface area contributed by atoms with Crippen LogP contribution in [0.4, 0.5) is 0 Å². The van der Waals surface area contributed by atoms with E-state index in [1.54, 1.807) is 7.11 Å². The van der Waals surface area contributed by atoms with Crippen LogP contribution in [0.15, 0.2) is 0 Å². The molecule has 15 heavy (non-hydrogen) atoms. The molecular formula is C11H23NO3. The van der Waals surface area contributed by atoms with E-state index in [1.807, 2.05) is 0 Å². The summed E-state index contributed by atoms with van der Waals surface area (Å²) in [6, 6.07) is 0.545. The second-order valence-electron chi connectivity index (χ2n) is 4.27. The van der Waals surface area contributed by atoms with Crippen molar-refractivity contribution < 1.29 is 14.9 Å². The van der Waals surface area contributed by atoms with E-state index in [4.69, 9.17) is 9.84 Å². The van der Waals surface area contributed by atoms with Crippen LogP contribution in [0.2, 0.25) is 0 Å². The third-order valence-electron chi connectivity index (χ3n) is 3.03. The molecule has 0 amide bonds. The van der Waals surface area contributed by atoms with Gasteiger partial charge in [0.25, 0.3) is 0 Å². The molecule has 0 bridgehead atoms. The molecule has 1 atom stereocenters. The van der Waals surface area contributed by atoms with Gasteiger partial charge in [-0.25, -0.2) is 0 Å².